The summed E-state index contributed by atoms with van der Waals surface area (Å²) < 4.78 is 5.34. The molecule has 5 nitrogen and oxygen atoms in total. The molecular formula is C15H22N2O3. The molecule has 1 aromatic heterocycles. The third-order valence-corrected chi connectivity index (χ3v) is 3.92. The van der Waals surface area contributed by atoms with Crippen molar-refractivity contribution in [1.29, 1.82) is 0 Å². The van der Waals surface area contributed by atoms with Crippen molar-refractivity contribution in [3.8, 4) is 0 Å². The van der Waals surface area contributed by atoms with E-state index in [1.165, 1.54) is 0 Å². The molecule has 5 heteroatoms. The smallest absolute Gasteiger partial charge is 0.272 e. The number of aryl methyl sites for hydroxylation is 1. The van der Waals surface area contributed by atoms with Crippen LogP contribution < -0.4 is 0 Å². The van der Waals surface area contributed by atoms with Crippen LogP contribution in [0.2, 0.25) is 0 Å². The quantitative estimate of drug-likeness (QED) is 0.900. The maximum atomic E-state index is 12.4. The van der Waals surface area contributed by atoms with E-state index in [1.807, 2.05) is 19.1 Å². The Morgan fingerprint density at radius 1 is 1.45 bits per heavy atom. The average Bonchev–Trinajstić information content (AvgIpc) is 2.47. The van der Waals surface area contributed by atoms with E-state index in [2.05, 4.69) is 4.98 Å². The van der Waals surface area contributed by atoms with Gasteiger partial charge in [-0.3, -0.25) is 4.79 Å². The predicted octanol–water partition coefficient (Wildman–Crippen LogP) is 1.25. The Labute approximate surface area is 119 Å². The number of nitrogens with zero attached hydrogens (tertiary/aromatic N) is 2. The molecule has 0 bridgehead atoms. The molecule has 1 saturated heterocycles. The number of carbonyl (C=O) groups excluding carboxylic acids is 1. The highest BCUT2D eigenvalue weighted by Gasteiger charge is 2.34. The molecule has 0 saturated carbocycles. The molecule has 0 aromatic carbocycles. The zero-order valence-corrected chi connectivity index (χ0v) is 12.1. The number of rotatable bonds is 4. The Hall–Kier alpha value is -1.46. The van der Waals surface area contributed by atoms with E-state index >= 15 is 0 Å². The molecule has 110 valence electrons. The lowest BCUT2D eigenvalue weighted by Crippen LogP contribution is -2.44. The van der Waals surface area contributed by atoms with Crippen LogP contribution in [0.4, 0.5) is 0 Å². The summed E-state index contributed by atoms with van der Waals surface area (Å²) in [6.45, 7) is 3.76. The van der Waals surface area contributed by atoms with E-state index in [9.17, 15) is 9.90 Å². The van der Waals surface area contributed by atoms with E-state index in [0.717, 1.165) is 18.5 Å². The molecule has 0 unspecified atom stereocenters. The molecule has 0 spiro atoms. The molecule has 1 N–H and O–H groups in total. The van der Waals surface area contributed by atoms with E-state index in [1.54, 1.807) is 18.0 Å². The third-order valence-electron chi connectivity index (χ3n) is 3.92. The summed E-state index contributed by atoms with van der Waals surface area (Å²) in [4.78, 5) is 18.3. The van der Waals surface area contributed by atoms with E-state index in [4.69, 9.17) is 4.74 Å². The number of aromatic nitrogens is 1. The van der Waals surface area contributed by atoms with Gasteiger partial charge in [-0.1, -0.05) is 6.07 Å². The van der Waals surface area contributed by atoms with Gasteiger partial charge in [-0.05, 0) is 31.9 Å². The van der Waals surface area contributed by atoms with Gasteiger partial charge in [0.25, 0.3) is 5.91 Å². The first-order valence-corrected chi connectivity index (χ1v) is 6.94. The standard InChI is InChI=1S/C15H22N2O3/c1-12-4-3-5-13(16-12)14(19)17(2)10-15(11-18)6-8-20-9-7-15/h3-5,18H,6-11H2,1-2H3. The molecule has 0 radical (unpaired) electrons. The number of aliphatic hydroxyl groups is 1. The highest BCUT2D eigenvalue weighted by molar-refractivity contribution is 5.92. The first-order chi connectivity index (χ1) is 9.56. The van der Waals surface area contributed by atoms with Crippen molar-refractivity contribution in [1.82, 2.24) is 9.88 Å². The van der Waals surface area contributed by atoms with Crippen LogP contribution >= 0.6 is 0 Å². The van der Waals surface area contributed by atoms with Crippen LogP contribution in [0, 0.1) is 12.3 Å². The summed E-state index contributed by atoms with van der Waals surface area (Å²) in [7, 11) is 1.76. The van der Waals surface area contributed by atoms with Gasteiger partial charge in [0.15, 0.2) is 0 Å². The van der Waals surface area contributed by atoms with Crippen molar-refractivity contribution in [3.05, 3.63) is 29.6 Å². The second-order valence-electron chi connectivity index (χ2n) is 5.60. The first kappa shape index (κ1) is 14.9. The Morgan fingerprint density at radius 2 is 2.15 bits per heavy atom. The number of pyridine rings is 1. The van der Waals surface area contributed by atoms with Gasteiger partial charge in [0.2, 0.25) is 0 Å². The number of amides is 1. The Morgan fingerprint density at radius 3 is 2.75 bits per heavy atom. The van der Waals surface area contributed by atoms with Crippen LogP contribution in [0.15, 0.2) is 18.2 Å². The molecule has 2 rings (SSSR count). The van der Waals surface area contributed by atoms with Gasteiger partial charge in [-0.15, -0.1) is 0 Å². The number of hydrogen-bond acceptors (Lipinski definition) is 4. The van der Waals surface area contributed by atoms with Crippen molar-refractivity contribution in [3.63, 3.8) is 0 Å². The van der Waals surface area contributed by atoms with Crippen LogP contribution in [-0.4, -0.2) is 54.3 Å². The average molecular weight is 278 g/mol. The predicted molar refractivity (Wildman–Crippen MR) is 75.5 cm³/mol. The summed E-state index contributed by atoms with van der Waals surface area (Å²) in [6.07, 6.45) is 1.56. The lowest BCUT2D eigenvalue weighted by atomic mass is 9.80. The highest BCUT2D eigenvalue weighted by atomic mass is 16.5. The minimum Gasteiger partial charge on any atom is -0.396 e. The second kappa shape index (κ2) is 6.33. The minimum absolute atomic E-state index is 0.0786. The fraction of sp³-hybridized carbons (Fsp3) is 0.600. The Balaban J connectivity index is 2.06. The van der Waals surface area contributed by atoms with Gasteiger partial charge in [0.05, 0.1) is 6.61 Å². The second-order valence-corrected chi connectivity index (χ2v) is 5.60. The molecule has 1 amide bonds. The summed E-state index contributed by atoms with van der Waals surface area (Å²) in [5.41, 5.74) is 1.03. The van der Waals surface area contributed by atoms with Crippen LogP contribution in [0.1, 0.15) is 29.0 Å². The summed E-state index contributed by atoms with van der Waals surface area (Å²) in [5, 5.41) is 9.68. The van der Waals surface area contributed by atoms with Crippen LogP contribution in [0.3, 0.4) is 0 Å². The number of carbonyl (C=O) groups is 1. The fourth-order valence-corrected chi connectivity index (χ4v) is 2.60. The molecule has 2 heterocycles. The SMILES string of the molecule is Cc1cccc(C(=O)N(C)CC2(CO)CCOCC2)n1. The van der Waals surface area contributed by atoms with E-state index in [0.29, 0.717) is 25.5 Å². The van der Waals surface area contributed by atoms with Gasteiger partial charge in [-0.25, -0.2) is 4.98 Å². The minimum atomic E-state index is -0.244. The van der Waals surface area contributed by atoms with Crippen molar-refractivity contribution in [2.75, 3.05) is 33.4 Å². The topological polar surface area (TPSA) is 62.7 Å². The third kappa shape index (κ3) is 3.35. The van der Waals surface area contributed by atoms with Crippen molar-refractivity contribution >= 4 is 5.91 Å². The first-order valence-electron chi connectivity index (χ1n) is 6.94. The number of ether oxygens (including phenoxy) is 1. The molecule has 1 aliphatic rings. The molecule has 0 aliphatic carbocycles. The van der Waals surface area contributed by atoms with Crippen LogP contribution in [0.25, 0.3) is 0 Å². The van der Waals surface area contributed by atoms with Gasteiger partial charge < -0.3 is 14.7 Å². The van der Waals surface area contributed by atoms with Gasteiger partial charge in [0, 0.05) is 37.9 Å². The van der Waals surface area contributed by atoms with Crippen molar-refractivity contribution < 1.29 is 14.6 Å². The largest absolute Gasteiger partial charge is 0.396 e. The number of aliphatic hydroxyl groups excluding tert-OH is 1. The normalized spacial score (nSPS) is 17.8. The molecule has 1 aromatic rings. The number of hydrogen-bond donors (Lipinski definition) is 1. The lowest BCUT2D eigenvalue weighted by molar-refractivity contribution is -0.0283. The van der Waals surface area contributed by atoms with Crippen molar-refractivity contribution in [2.45, 2.75) is 19.8 Å². The zero-order valence-electron chi connectivity index (χ0n) is 12.1. The van der Waals surface area contributed by atoms with Crippen LogP contribution in [0.5, 0.6) is 0 Å². The lowest BCUT2D eigenvalue weighted by Gasteiger charge is -2.38. The highest BCUT2D eigenvalue weighted by Crippen LogP contribution is 2.30. The van der Waals surface area contributed by atoms with Gasteiger partial charge in [0.1, 0.15) is 5.69 Å². The molecule has 0 atom stereocenters. The fourth-order valence-electron chi connectivity index (χ4n) is 2.60. The maximum Gasteiger partial charge on any atom is 0.272 e. The Kier molecular flexibility index (Phi) is 4.73. The molecule has 20 heavy (non-hydrogen) atoms. The molecular weight excluding hydrogens is 256 g/mol. The van der Waals surface area contributed by atoms with Crippen molar-refractivity contribution in [2.24, 2.45) is 5.41 Å². The van der Waals surface area contributed by atoms with E-state index < -0.39 is 0 Å². The molecule has 1 aliphatic heterocycles. The maximum absolute atomic E-state index is 12.4. The van der Waals surface area contributed by atoms with Gasteiger partial charge >= 0.3 is 0 Å². The summed E-state index contributed by atoms with van der Waals surface area (Å²) >= 11 is 0. The summed E-state index contributed by atoms with van der Waals surface area (Å²) in [5.74, 6) is -0.104. The zero-order chi connectivity index (χ0) is 14.6. The Bertz CT molecular complexity index is 470. The van der Waals surface area contributed by atoms with Crippen LogP contribution in [-0.2, 0) is 4.74 Å². The monoisotopic (exact) mass is 278 g/mol. The summed E-state index contributed by atoms with van der Waals surface area (Å²) in [6, 6.07) is 5.42. The molecule has 1 fully saturated rings. The van der Waals surface area contributed by atoms with E-state index in [-0.39, 0.29) is 17.9 Å². The van der Waals surface area contributed by atoms with Gasteiger partial charge in [-0.2, -0.15) is 0 Å².